The smallest absolute Gasteiger partial charge is 0.254 e. The minimum Gasteiger partial charge on any atom is -0.395 e. The maximum absolute atomic E-state index is 12.3. The molecule has 0 aliphatic carbocycles. The van der Waals surface area contributed by atoms with E-state index in [0.29, 0.717) is 12.1 Å². The van der Waals surface area contributed by atoms with Crippen molar-refractivity contribution in [2.45, 2.75) is 32.7 Å². The number of carbonyl (C=O) groups is 1. The topological polar surface area (TPSA) is 40.5 Å². The summed E-state index contributed by atoms with van der Waals surface area (Å²) in [5.41, 5.74) is 0.688. The van der Waals surface area contributed by atoms with Gasteiger partial charge in [-0.2, -0.15) is 0 Å². The molecule has 3 heteroatoms. The van der Waals surface area contributed by atoms with Crippen LogP contribution in [0.3, 0.4) is 0 Å². The van der Waals surface area contributed by atoms with Crippen molar-refractivity contribution in [3.8, 4) is 0 Å². The Morgan fingerprint density at radius 1 is 1.24 bits per heavy atom. The van der Waals surface area contributed by atoms with Gasteiger partial charge in [0, 0.05) is 18.2 Å². The molecule has 1 amide bonds. The summed E-state index contributed by atoms with van der Waals surface area (Å²) >= 11 is 0. The molecule has 0 spiro atoms. The molecule has 1 rings (SSSR count). The first kappa shape index (κ1) is 13.7. The van der Waals surface area contributed by atoms with Crippen LogP contribution >= 0.6 is 0 Å². The lowest BCUT2D eigenvalue weighted by Crippen LogP contribution is -2.41. The zero-order chi connectivity index (χ0) is 12.7. The van der Waals surface area contributed by atoms with Gasteiger partial charge in [-0.3, -0.25) is 4.79 Å². The van der Waals surface area contributed by atoms with Crippen molar-refractivity contribution in [3.05, 3.63) is 35.9 Å². The number of benzene rings is 1. The summed E-state index contributed by atoms with van der Waals surface area (Å²) in [4.78, 5) is 14.1. The highest BCUT2D eigenvalue weighted by Crippen LogP contribution is 2.13. The fraction of sp³-hybridized carbons (Fsp3) is 0.500. The van der Waals surface area contributed by atoms with Crippen LogP contribution in [0.4, 0.5) is 0 Å². The number of rotatable bonds is 6. The second kappa shape index (κ2) is 7.07. The van der Waals surface area contributed by atoms with Gasteiger partial charge in [0.15, 0.2) is 0 Å². The molecule has 3 nitrogen and oxygen atoms in total. The zero-order valence-electron chi connectivity index (χ0n) is 10.6. The van der Waals surface area contributed by atoms with Crippen molar-refractivity contribution < 1.29 is 9.90 Å². The third kappa shape index (κ3) is 3.56. The maximum atomic E-state index is 12.3. The largest absolute Gasteiger partial charge is 0.395 e. The molecule has 0 unspecified atom stereocenters. The van der Waals surface area contributed by atoms with Gasteiger partial charge in [0.1, 0.15) is 0 Å². The molecule has 0 bridgehead atoms. The number of hydrogen-bond donors (Lipinski definition) is 1. The van der Waals surface area contributed by atoms with Gasteiger partial charge < -0.3 is 10.0 Å². The van der Waals surface area contributed by atoms with Gasteiger partial charge in [0.25, 0.3) is 5.91 Å². The quantitative estimate of drug-likeness (QED) is 0.822. The van der Waals surface area contributed by atoms with E-state index in [4.69, 9.17) is 5.11 Å². The summed E-state index contributed by atoms with van der Waals surface area (Å²) in [6, 6.07) is 9.44. The maximum Gasteiger partial charge on any atom is 0.254 e. The molecule has 0 aromatic heterocycles. The molecule has 0 heterocycles. The van der Waals surface area contributed by atoms with Gasteiger partial charge in [0.2, 0.25) is 0 Å². The van der Waals surface area contributed by atoms with Gasteiger partial charge in [-0.1, -0.05) is 32.0 Å². The van der Waals surface area contributed by atoms with Crippen LogP contribution in [0.25, 0.3) is 0 Å². The first-order chi connectivity index (χ1) is 8.24. The van der Waals surface area contributed by atoms with E-state index in [1.165, 1.54) is 0 Å². The van der Waals surface area contributed by atoms with E-state index in [9.17, 15) is 4.79 Å². The molecule has 0 fully saturated rings. The van der Waals surface area contributed by atoms with Crippen LogP contribution in [0.5, 0.6) is 0 Å². The van der Waals surface area contributed by atoms with Crippen LogP contribution < -0.4 is 0 Å². The third-order valence-electron chi connectivity index (χ3n) is 3.01. The van der Waals surface area contributed by atoms with E-state index in [0.717, 1.165) is 12.8 Å². The Labute approximate surface area is 103 Å². The Morgan fingerprint density at radius 3 is 2.29 bits per heavy atom. The Hall–Kier alpha value is -1.35. The third-order valence-corrected chi connectivity index (χ3v) is 3.01. The van der Waals surface area contributed by atoms with Gasteiger partial charge in [-0.15, -0.1) is 0 Å². The number of hydrogen-bond acceptors (Lipinski definition) is 2. The molecule has 94 valence electrons. The predicted molar refractivity (Wildman–Crippen MR) is 68.9 cm³/mol. The molecule has 1 aromatic carbocycles. The molecular weight excluding hydrogens is 214 g/mol. The van der Waals surface area contributed by atoms with Crippen molar-refractivity contribution >= 4 is 5.91 Å². The summed E-state index contributed by atoms with van der Waals surface area (Å²) in [6.07, 6.45) is 1.82. The number of amides is 1. The van der Waals surface area contributed by atoms with Crippen LogP contribution in [0.2, 0.25) is 0 Å². The molecule has 0 aliphatic rings. The molecule has 0 aliphatic heterocycles. The van der Waals surface area contributed by atoms with Crippen molar-refractivity contribution in [1.82, 2.24) is 4.90 Å². The molecule has 0 atom stereocenters. The van der Waals surface area contributed by atoms with Crippen molar-refractivity contribution in [1.29, 1.82) is 0 Å². The zero-order valence-corrected chi connectivity index (χ0v) is 10.6. The summed E-state index contributed by atoms with van der Waals surface area (Å²) in [5.74, 6) is 0.00773. The van der Waals surface area contributed by atoms with Crippen LogP contribution in [0, 0.1) is 0 Å². The molecular formula is C14H21NO2. The van der Waals surface area contributed by atoms with E-state index in [1.54, 1.807) is 4.90 Å². The summed E-state index contributed by atoms with van der Waals surface area (Å²) in [6.45, 7) is 4.54. The highest BCUT2D eigenvalue weighted by Gasteiger charge is 2.21. The first-order valence-electron chi connectivity index (χ1n) is 6.21. The highest BCUT2D eigenvalue weighted by molar-refractivity contribution is 5.94. The molecule has 0 saturated heterocycles. The lowest BCUT2D eigenvalue weighted by molar-refractivity contribution is 0.0622. The first-order valence-corrected chi connectivity index (χ1v) is 6.21. The standard InChI is InChI=1S/C14H21NO2/c1-3-13(4-2)15(10-11-16)14(17)12-8-6-5-7-9-12/h5-9,13,16H,3-4,10-11H2,1-2H3. The van der Waals surface area contributed by atoms with E-state index >= 15 is 0 Å². The lowest BCUT2D eigenvalue weighted by Gasteiger charge is -2.30. The minimum atomic E-state index is 0.00773. The van der Waals surface area contributed by atoms with Crippen molar-refractivity contribution in [2.24, 2.45) is 0 Å². The fourth-order valence-corrected chi connectivity index (χ4v) is 2.03. The van der Waals surface area contributed by atoms with E-state index in [-0.39, 0.29) is 18.6 Å². The molecule has 1 aromatic rings. The second-order valence-electron chi connectivity index (χ2n) is 4.06. The van der Waals surface area contributed by atoms with Crippen LogP contribution in [-0.2, 0) is 0 Å². The molecule has 1 N–H and O–H groups in total. The fourth-order valence-electron chi connectivity index (χ4n) is 2.03. The summed E-state index contributed by atoms with van der Waals surface area (Å²) < 4.78 is 0. The molecule has 17 heavy (non-hydrogen) atoms. The van der Waals surface area contributed by atoms with Crippen LogP contribution in [-0.4, -0.2) is 35.1 Å². The summed E-state index contributed by atoms with van der Waals surface area (Å²) in [7, 11) is 0. The number of carbonyl (C=O) groups excluding carboxylic acids is 1. The Balaban J connectivity index is 2.87. The van der Waals surface area contributed by atoms with Crippen LogP contribution in [0.15, 0.2) is 30.3 Å². The molecule has 0 radical (unpaired) electrons. The van der Waals surface area contributed by atoms with Gasteiger partial charge in [0.05, 0.1) is 6.61 Å². The number of aliphatic hydroxyl groups is 1. The van der Waals surface area contributed by atoms with Crippen molar-refractivity contribution in [3.63, 3.8) is 0 Å². The summed E-state index contributed by atoms with van der Waals surface area (Å²) in [5, 5.41) is 9.08. The molecule has 0 saturated carbocycles. The van der Waals surface area contributed by atoms with Gasteiger partial charge in [-0.05, 0) is 25.0 Å². The Bertz CT molecular complexity index is 333. The number of nitrogens with zero attached hydrogens (tertiary/aromatic N) is 1. The SMILES string of the molecule is CCC(CC)N(CCO)C(=O)c1ccccc1. The lowest BCUT2D eigenvalue weighted by atomic mass is 10.1. The second-order valence-corrected chi connectivity index (χ2v) is 4.06. The van der Waals surface area contributed by atoms with Crippen LogP contribution in [0.1, 0.15) is 37.0 Å². The van der Waals surface area contributed by atoms with Gasteiger partial charge in [-0.25, -0.2) is 0 Å². The Morgan fingerprint density at radius 2 is 1.82 bits per heavy atom. The average molecular weight is 235 g/mol. The Kier molecular flexibility index (Phi) is 5.70. The van der Waals surface area contributed by atoms with E-state index in [2.05, 4.69) is 13.8 Å². The monoisotopic (exact) mass is 235 g/mol. The van der Waals surface area contributed by atoms with E-state index in [1.807, 2.05) is 30.3 Å². The highest BCUT2D eigenvalue weighted by atomic mass is 16.3. The van der Waals surface area contributed by atoms with Gasteiger partial charge >= 0.3 is 0 Å². The van der Waals surface area contributed by atoms with E-state index < -0.39 is 0 Å². The predicted octanol–water partition coefficient (Wildman–Crippen LogP) is 2.31. The average Bonchev–Trinajstić information content (AvgIpc) is 2.39. The normalized spacial score (nSPS) is 10.6. The minimum absolute atomic E-state index is 0.00773. The van der Waals surface area contributed by atoms with Crippen molar-refractivity contribution in [2.75, 3.05) is 13.2 Å². The number of aliphatic hydroxyl groups excluding tert-OH is 1.